The van der Waals surface area contributed by atoms with E-state index in [1.807, 2.05) is 52.0 Å². The Kier molecular flexibility index (Phi) is 8.27. The molecule has 8 nitrogen and oxygen atoms in total. The van der Waals surface area contributed by atoms with Gasteiger partial charge in [0.25, 0.3) is 10.0 Å². The van der Waals surface area contributed by atoms with Crippen LogP contribution in [0.15, 0.2) is 53.4 Å². The van der Waals surface area contributed by atoms with E-state index < -0.39 is 27.5 Å². The van der Waals surface area contributed by atoms with Crippen LogP contribution in [0.25, 0.3) is 11.3 Å². The molecule has 0 saturated heterocycles. The van der Waals surface area contributed by atoms with Gasteiger partial charge in [-0.05, 0) is 105 Å². The molecule has 1 aliphatic heterocycles. The highest BCUT2D eigenvalue weighted by Gasteiger charge is 2.64. The van der Waals surface area contributed by atoms with Gasteiger partial charge in [0.1, 0.15) is 0 Å². The van der Waals surface area contributed by atoms with Gasteiger partial charge in [-0.3, -0.25) is 4.79 Å². The Hall–Kier alpha value is -3.67. The normalized spacial score (nSPS) is 28.2. The molecular weight excluding hydrogens is 653 g/mol. The van der Waals surface area contributed by atoms with Crippen molar-refractivity contribution in [3.8, 4) is 17.1 Å². The van der Waals surface area contributed by atoms with Crippen molar-refractivity contribution < 1.29 is 31.1 Å². The second-order valence-corrected chi connectivity index (χ2v) is 17.1. The fourth-order valence-electron chi connectivity index (χ4n) is 8.72. The van der Waals surface area contributed by atoms with Crippen LogP contribution in [0.5, 0.6) is 5.88 Å². The zero-order valence-electron chi connectivity index (χ0n) is 28.2. The predicted octanol–water partition coefficient (Wildman–Crippen LogP) is 7.72. The van der Waals surface area contributed by atoms with Crippen molar-refractivity contribution in [3.63, 3.8) is 0 Å². The highest BCUT2D eigenvalue weighted by atomic mass is 32.2. The molecule has 1 aromatic heterocycles. The lowest BCUT2D eigenvalue weighted by Gasteiger charge is -2.60. The maximum absolute atomic E-state index is 14.5. The Morgan fingerprint density at radius 3 is 2.33 bits per heavy atom. The molecule has 3 fully saturated rings. The fraction of sp³-hybridized carbons (Fsp3) is 0.541. The van der Waals surface area contributed by atoms with Crippen molar-refractivity contribution in [1.82, 2.24) is 15.3 Å². The number of benzene rings is 2. The molecule has 3 aromatic rings. The number of alkyl halides is 3. The van der Waals surface area contributed by atoms with Crippen LogP contribution in [0.4, 0.5) is 19.1 Å². The molecule has 7 rings (SSSR count). The molecule has 49 heavy (non-hydrogen) atoms. The van der Waals surface area contributed by atoms with Crippen LogP contribution in [-0.2, 0) is 14.8 Å². The molecule has 3 aliphatic carbocycles. The number of ether oxygens (including phenoxy) is 1. The molecule has 12 heteroatoms. The van der Waals surface area contributed by atoms with Crippen LogP contribution in [0.3, 0.4) is 0 Å². The number of aryl methyl sites for hydroxylation is 2. The largest absolute Gasteiger partial charge is 0.477 e. The molecule has 1 amide bonds. The molecule has 1 spiro atoms. The maximum atomic E-state index is 14.5. The maximum Gasteiger partial charge on any atom is 0.394 e. The number of rotatable bonds is 6. The molecule has 4 bridgehead atoms. The first-order valence-corrected chi connectivity index (χ1v) is 18.6. The Morgan fingerprint density at radius 1 is 1.02 bits per heavy atom. The lowest BCUT2D eigenvalue weighted by atomic mass is 9.46. The van der Waals surface area contributed by atoms with Crippen molar-refractivity contribution in [1.29, 1.82) is 0 Å². The summed E-state index contributed by atoms with van der Waals surface area (Å²) in [6.07, 6.45) is -1.07. The topological polar surface area (TPSA) is 110 Å². The van der Waals surface area contributed by atoms with Gasteiger partial charge >= 0.3 is 6.18 Å². The minimum Gasteiger partial charge on any atom is -0.477 e. The number of nitrogens with zero attached hydrogens (tertiary/aromatic N) is 2. The van der Waals surface area contributed by atoms with E-state index in [4.69, 9.17) is 4.74 Å². The van der Waals surface area contributed by atoms with Crippen LogP contribution in [-0.4, -0.2) is 43.1 Å². The van der Waals surface area contributed by atoms with E-state index >= 15 is 0 Å². The Labute approximate surface area is 285 Å². The van der Waals surface area contributed by atoms with Crippen molar-refractivity contribution in [3.05, 3.63) is 65.2 Å². The number of hydrogen-bond donors (Lipinski definition) is 2. The van der Waals surface area contributed by atoms with E-state index in [0.717, 1.165) is 42.4 Å². The first kappa shape index (κ1) is 33.8. The fourth-order valence-corrected chi connectivity index (χ4v) is 9.72. The van der Waals surface area contributed by atoms with E-state index in [1.54, 1.807) is 18.2 Å². The molecule has 4 aliphatic rings. The van der Waals surface area contributed by atoms with Gasteiger partial charge in [0.2, 0.25) is 17.7 Å². The van der Waals surface area contributed by atoms with E-state index in [-0.39, 0.29) is 77.7 Å². The lowest BCUT2D eigenvalue weighted by molar-refractivity contribution is -0.194. The molecule has 2 N–H and O–H groups in total. The number of anilines is 1. The molecular formula is C37H43F3N4O4S. The van der Waals surface area contributed by atoms with Crippen LogP contribution in [0.2, 0.25) is 0 Å². The SMILES string of the molecule is Cc1cccc(C)c1-c1cc2nc(n1)NS(=O)(=O)c1cccc(c1)C(C1CC3(CC(NC(=O)C(C)C)C3)C1)[C@H](CC1(C(F)(F)F)CC1)CO2. The Morgan fingerprint density at radius 2 is 1.69 bits per heavy atom. The number of nitrogens with one attached hydrogen (secondary N) is 2. The quantitative estimate of drug-likeness (QED) is 0.273. The van der Waals surface area contributed by atoms with Gasteiger partial charge in [-0.25, -0.2) is 18.1 Å². The summed E-state index contributed by atoms with van der Waals surface area (Å²) in [5.74, 6) is -1.06. The summed E-state index contributed by atoms with van der Waals surface area (Å²) in [4.78, 5) is 21.2. The average molecular weight is 697 g/mol. The van der Waals surface area contributed by atoms with Crippen molar-refractivity contribution >= 4 is 21.9 Å². The summed E-state index contributed by atoms with van der Waals surface area (Å²) in [6, 6.07) is 14.1. The smallest absolute Gasteiger partial charge is 0.394 e. The summed E-state index contributed by atoms with van der Waals surface area (Å²) < 4.78 is 80.0. The molecule has 3 saturated carbocycles. The van der Waals surface area contributed by atoms with Gasteiger partial charge in [0, 0.05) is 29.5 Å². The molecule has 2 heterocycles. The van der Waals surface area contributed by atoms with Crippen LogP contribution in [0.1, 0.15) is 81.4 Å². The van der Waals surface area contributed by atoms with Crippen molar-refractivity contribution in [2.45, 2.75) is 95.7 Å². The van der Waals surface area contributed by atoms with Gasteiger partial charge in [-0.2, -0.15) is 18.2 Å². The van der Waals surface area contributed by atoms with Gasteiger partial charge in [-0.1, -0.05) is 44.2 Å². The van der Waals surface area contributed by atoms with Gasteiger partial charge in [0.15, 0.2) is 0 Å². The minimum atomic E-state index is -4.36. The molecule has 262 valence electrons. The number of sulfonamides is 1. The molecule has 2 atom stereocenters. The summed E-state index contributed by atoms with van der Waals surface area (Å²) in [7, 11) is -4.16. The summed E-state index contributed by atoms with van der Waals surface area (Å²) in [5.41, 5.74) is 2.04. The highest BCUT2D eigenvalue weighted by Crippen LogP contribution is 2.66. The van der Waals surface area contributed by atoms with E-state index in [2.05, 4.69) is 20.0 Å². The number of carbonyl (C=O) groups is 1. The number of fused-ring (bicyclic) bond motifs is 4. The van der Waals surface area contributed by atoms with Gasteiger partial charge in [0.05, 0.1) is 22.6 Å². The lowest BCUT2D eigenvalue weighted by Crippen LogP contribution is -2.58. The number of halogens is 3. The molecule has 0 radical (unpaired) electrons. The summed E-state index contributed by atoms with van der Waals surface area (Å²) >= 11 is 0. The van der Waals surface area contributed by atoms with Crippen molar-refractivity contribution in [2.75, 3.05) is 11.3 Å². The molecule has 1 unspecified atom stereocenters. The number of amides is 1. The zero-order valence-corrected chi connectivity index (χ0v) is 29.0. The summed E-state index contributed by atoms with van der Waals surface area (Å²) in [6.45, 7) is 7.57. The highest BCUT2D eigenvalue weighted by molar-refractivity contribution is 7.92. The minimum absolute atomic E-state index is 0.00367. The number of carbonyl (C=O) groups excluding carboxylic acids is 1. The monoisotopic (exact) mass is 696 g/mol. The third-order valence-corrected chi connectivity index (χ3v) is 12.7. The van der Waals surface area contributed by atoms with Gasteiger partial charge in [-0.15, -0.1) is 0 Å². The zero-order chi connectivity index (χ0) is 34.9. The van der Waals surface area contributed by atoms with Crippen LogP contribution in [0, 0.1) is 42.4 Å². The second kappa shape index (κ2) is 12.0. The first-order valence-electron chi connectivity index (χ1n) is 17.2. The number of aromatic nitrogens is 2. The first-order chi connectivity index (χ1) is 23.1. The van der Waals surface area contributed by atoms with E-state index in [1.165, 1.54) is 6.07 Å². The Bertz CT molecular complexity index is 1860. The van der Waals surface area contributed by atoms with E-state index in [9.17, 15) is 26.4 Å². The Balaban J connectivity index is 1.26. The average Bonchev–Trinajstić information content (AvgIpc) is 3.78. The standard InChI is InChI=1S/C37H43F3N4O4S/c1-21(2)33(45)41-27-18-35(19-27)15-25(16-35)32-24-9-6-10-28(13-24)49(46,47)44-34-42-29(31-22(3)7-5-8-23(31)4)14-30(43-34)48-20-26(32)17-36(11-12-36)37(38,39)40/h5-10,13-14,21,25-27,32H,11-12,15-20H2,1-4H3,(H,41,45)(H,42,43,44)/t25?,26-,27?,32?,35?/m1/s1. The second-order valence-electron chi connectivity index (χ2n) is 15.4. The molecule has 2 aromatic carbocycles. The van der Waals surface area contributed by atoms with E-state index in [0.29, 0.717) is 11.3 Å². The van der Waals surface area contributed by atoms with Crippen LogP contribution < -0.4 is 14.8 Å². The third-order valence-electron chi connectivity index (χ3n) is 11.4. The van der Waals surface area contributed by atoms with Crippen LogP contribution >= 0.6 is 0 Å². The third kappa shape index (κ3) is 6.41. The van der Waals surface area contributed by atoms with Crippen molar-refractivity contribution in [2.24, 2.45) is 28.6 Å². The van der Waals surface area contributed by atoms with Gasteiger partial charge < -0.3 is 10.1 Å². The predicted molar refractivity (Wildman–Crippen MR) is 179 cm³/mol. The number of hydrogen-bond acceptors (Lipinski definition) is 6. The summed E-state index contributed by atoms with van der Waals surface area (Å²) in [5, 5.41) is 3.12.